The summed E-state index contributed by atoms with van der Waals surface area (Å²) in [4.78, 5) is 15.5. The zero-order valence-electron chi connectivity index (χ0n) is 10.6. The Labute approximate surface area is 102 Å². The summed E-state index contributed by atoms with van der Waals surface area (Å²) >= 11 is 0. The summed E-state index contributed by atoms with van der Waals surface area (Å²) in [6.45, 7) is 6.84. The fraction of sp³-hybridized carbons (Fsp3) is 0.500. The highest BCUT2D eigenvalue weighted by Gasteiger charge is 2.05. The van der Waals surface area contributed by atoms with Crippen molar-refractivity contribution in [1.29, 1.82) is 0 Å². The van der Waals surface area contributed by atoms with Crippen molar-refractivity contribution in [3.63, 3.8) is 0 Å². The molecule has 0 spiro atoms. The Morgan fingerprint density at radius 1 is 1.47 bits per heavy atom. The van der Waals surface area contributed by atoms with E-state index in [1.54, 1.807) is 6.20 Å². The molecule has 1 amide bonds. The molecule has 0 aliphatic heterocycles. The van der Waals surface area contributed by atoms with Crippen LogP contribution in [0.2, 0.25) is 0 Å². The molecule has 1 aromatic rings. The number of amides is 1. The number of hydrogen-bond acceptors (Lipinski definition) is 4. The average Bonchev–Trinajstić information content (AvgIpc) is 2.26. The molecule has 1 heterocycles. The van der Waals surface area contributed by atoms with Crippen molar-refractivity contribution < 1.29 is 4.79 Å². The van der Waals surface area contributed by atoms with E-state index in [1.807, 2.05) is 26.8 Å². The highest BCUT2D eigenvalue weighted by atomic mass is 16.1. The first kappa shape index (κ1) is 13.3. The minimum absolute atomic E-state index is 0.0116. The summed E-state index contributed by atoms with van der Waals surface area (Å²) < 4.78 is 0. The smallest absolute Gasteiger partial charge is 0.222 e. The zero-order valence-corrected chi connectivity index (χ0v) is 10.6. The Morgan fingerprint density at radius 2 is 2.18 bits per heavy atom. The van der Waals surface area contributed by atoms with Crippen LogP contribution in [0.25, 0.3) is 0 Å². The maximum atomic E-state index is 11.3. The lowest BCUT2D eigenvalue weighted by Crippen LogP contribution is -2.32. The lowest BCUT2D eigenvalue weighted by atomic mass is 10.2. The number of nitrogens with two attached hydrogens (primary N) is 1. The zero-order chi connectivity index (χ0) is 12.8. The number of rotatable bonds is 5. The van der Waals surface area contributed by atoms with Crippen LogP contribution < -0.4 is 16.4 Å². The van der Waals surface area contributed by atoms with E-state index in [2.05, 4.69) is 15.6 Å². The van der Waals surface area contributed by atoms with E-state index >= 15 is 0 Å². The van der Waals surface area contributed by atoms with Gasteiger partial charge in [-0.2, -0.15) is 0 Å². The molecule has 0 saturated carbocycles. The standard InChI is InChI=1S/C12H20N4O/c1-8(2)12(17)15-5-4-14-11-10(13)6-9(3)7-16-11/h6-8H,4-5,13H2,1-3H3,(H,14,16)(H,15,17). The van der Waals surface area contributed by atoms with E-state index in [0.717, 1.165) is 5.56 Å². The van der Waals surface area contributed by atoms with E-state index < -0.39 is 0 Å². The second-order valence-electron chi connectivity index (χ2n) is 4.32. The van der Waals surface area contributed by atoms with Crippen LogP contribution in [0.3, 0.4) is 0 Å². The van der Waals surface area contributed by atoms with Gasteiger partial charge in [0.25, 0.3) is 0 Å². The maximum Gasteiger partial charge on any atom is 0.222 e. The number of nitrogens with zero attached hydrogens (tertiary/aromatic N) is 1. The molecule has 0 saturated heterocycles. The second-order valence-corrected chi connectivity index (χ2v) is 4.32. The Hall–Kier alpha value is -1.78. The number of pyridine rings is 1. The number of nitrogen functional groups attached to an aromatic ring is 1. The fourth-order valence-electron chi connectivity index (χ4n) is 1.31. The van der Waals surface area contributed by atoms with Gasteiger partial charge in [0.15, 0.2) is 0 Å². The molecular formula is C12H20N4O. The number of hydrogen-bond donors (Lipinski definition) is 3. The highest BCUT2D eigenvalue weighted by Crippen LogP contribution is 2.14. The van der Waals surface area contributed by atoms with Crippen molar-refractivity contribution >= 4 is 17.4 Å². The summed E-state index contributed by atoms with van der Waals surface area (Å²) in [5, 5.41) is 5.90. The van der Waals surface area contributed by atoms with Gasteiger partial charge in [-0.25, -0.2) is 4.98 Å². The van der Waals surface area contributed by atoms with Crippen LogP contribution in [-0.2, 0) is 4.79 Å². The van der Waals surface area contributed by atoms with Gasteiger partial charge in [0.2, 0.25) is 5.91 Å². The predicted molar refractivity (Wildman–Crippen MR) is 69.7 cm³/mol. The third-order valence-electron chi connectivity index (χ3n) is 2.29. The molecule has 1 aromatic heterocycles. The Balaban J connectivity index is 2.34. The van der Waals surface area contributed by atoms with Crippen LogP contribution in [0.1, 0.15) is 19.4 Å². The van der Waals surface area contributed by atoms with Crippen LogP contribution in [0, 0.1) is 12.8 Å². The lowest BCUT2D eigenvalue weighted by Gasteiger charge is -2.10. The third kappa shape index (κ3) is 4.30. The first-order valence-electron chi connectivity index (χ1n) is 5.74. The van der Waals surface area contributed by atoms with Gasteiger partial charge in [-0.05, 0) is 18.6 Å². The molecule has 0 atom stereocenters. The van der Waals surface area contributed by atoms with Crippen molar-refractivity contribution in [3.05, 3.63) is 17.8 Å². The maximum absolute atomic E-state index is 11.3. The normalized spacial score (nSPS) is 10.4. The van der Waals surface area contributed by atoms with Gasteiger partial charge in [-0.3, -0.25) is 4.79 Å². The topological polar surface area (TPSA) is 80.0 Å². The molecule has 1 rings (SSSR count). The minimum atomic E-state index is 0.0116. The SMILES string of the molecule is Cc1cnc(NCCNC(=O)C(C)C)c(N)c1. The number of aromatic nitrogens is 1. The van der Waals surface area contributed by atoms with Gasteiger partial charge in [0, 0.05) is 25.2 Å². The lowest BCUT2D eigenvalue weighted by molar-refractivity contribution is -0.123. The van der Waals surface area contributed by atoms with Crippen LogP contribution >= 0.6 is 0 Å². The van der Waals surface area contributed by atoms with Gasteiger partial charge >= 0.3 is 0 Å². The summed E-state index contributed by atoms with van der Waals surface area (Å²) in [6.07, 6.45) is 1.76. The molecule has 0 aliphatic carbocycles. The van der Waals surface area contributed by atoms with Gasteiger partial charge in [-0.15, -0.1) is 0 Å². The molecule has 17 heavy (non-hydrogen) atoms. The van der Waals surface area contributed by atoms with Crippen molar-refractivity contribution in [1.82, 2.24) is 10.3 Å². The second kappa shape index (κ2) is 6.08. The number of carbonyl (C=O) groups is 1. The van der Waals surface area contributed by atoms with Crippen molar-refractivity contribution in [2.45, 2.75) is 20.8 Å². The fourth-order valence-corrected chi connectivity index (χ4v) is 1.31. The van der Waals surface area contributed by atoms with Gasteiger partial charge in [0.1, 0.15) is 5.82 Å². The molecular weight excluding hydrogens is 216 g/mol. The third-order valence-corrected chi connectivity index (χ3v) is 2.29. The first-order valence-corrected chi connectivity index (χ1v) is 5.74. The van der Waals surface area contributed by atoms with E-state index in [1.165, 1.54) is 0 Å². The number of carbonyl (C=O) groups excluding carboxylic acids is 1. The average molecular weight is 236 g/mol. The molecule has 0 fully saturated rings. The summed E-state index contributed by atoms with van der Waals surface area (Å²) in [5.74, 6) is 0.726. The Kier molecular flexibility index (Phi) is 4.75. The van der Waals surface area contributed by atoms with Gasteiger partial charge < -0.3 is 16.4 Å². The van der Waals surface area contributed by atoms with Crippen LogP contribution in [-0.4, -0.2) is 24.0 Å². The first-order chi connectivity index (χ1) is 8.00. The van der Waals surface area contributed by atoms with E-state index in [9.17, 15) is 4.79 Å². The highest BCUT2D eigenvalue weighted by molar-refractivity contribution is 5.77. The van der Waals surface area contributed by atoms with E-state index in [0.29, 0.717) is 24.6 Å². The van der Waals surface area contributed by atoms with Crippen LogP contribution in [0.5, 0.6) is 0 Å². The van der Waals surface area contributed by atoms with Gasteiger partial charge in [0.05, 0.1) is 5.69 Å². The van der Waals surface area contributed by atoms with Crippen LogP contribution in [0.15, 0.2) is 12.3 Å². The number of aryl methyl sites for hydroxylation is 1. The monoisotopic (exact) mass is 236 g/mol. The number of nitrogens with one attached hydrogen (secondary N) is 2. The molecule has 5 nitrogen and oxygen atoms in total. The summed E-state index contributed by atoms with van der Waals surface area (Å²) in [6, 6.07) is 1.86. The predicted octanol–water partition coefficient (Wildman–Crippen LogP) is 1.16. The van der Waals surface area contributed by atoms with Gasteiger partial charge in [-0.1, -0.05) is 13.8 Å². The van der Waals surface area contributed by atoms with E-state index in [4.69, 9.17) is 5.73 Å². The molecule has 94 valence electrons. The van der Waals surface area contributed by atoms with E-state index in [-0.39, 0.29) is 11.8 Å². The van der Waals surface area contributed by atoms with Crippen LogP contribution in [0.4, 0.5) is 11.5 Å². The minimum Gasteiger partial charge on any atom is -0.396 e. The van der Waals surface area contributed by atoms with Crippen molar-refractivity contribution in [2.75, 3.05) is 24.1 Å². The quantitative estimate of drug-likeness (QED) is 0.670. The summed E-state index contributed by atoms with van der Waals surface area (Å²) in [7, 11) is 0. The Bertz CT molecular complexity index is 390. The molecule has 4 N–H and O–H groups in total. The Morgan fingerprint density at radius 3 is 2.76 bits per heavy atom. The molecule has 0 aromatic carbocycles. The number of anilines is 2. The van der Waals surface area contributed by atoms with Crippen molar-refractivity contribution in [3.8, 4) is 0 Å². The molecule has 5 heteroatoms. The summed E-state index contributed by atoms with van der Waals surface area (Å²) in [5.41, 5.74) is 7.45. The molecule has 0 unspecified atom stereocenters. The van der Waals surface area contributed by atoms with Crippen molar-refractivity contribution in [2.24, 2.45) is 5.92 Å². The molecule has 0 aliphatic rings. The largest absolute Gasteiger partial charge is 0.396 e. The molecule has 0 bridgehead atoms. The molecule has 0 radical (unpaired) electrons.